The van der Waals surface area contributed by atoms with Gasteiger partial charge in [0.05, 0.1) is 5.03 Å². The second kappa shape index (κ2) is 8.28. The van der Waals surface area contributed by atoms with Crippen LogP contribution in [-0.4, -0.2) is 41.9 Å². The topological polar surface area (TPSA) is 101 Å². The molecule has 2 rings (SSSR count). The summed E-state index contributed by atoms with van der Waals surface area (Å²) in [6, 6.07) is 0. The molecule has 0 saturated carbocycles. The third-order valence-corrected chi connectivity index (χ3v) is 5.06. The van der Waals surface area contributed by atoms with Crippen molar-refractivity contribution in [2.45, 2.75) is 0 Å². The molecule has 2 heterocycles. The Morgan fingerprint density at radius 2 is 2.09 bits per heavy atom. The van der Waals surface area contributed by atoms with E-state index in [0.29, 0.717) is 16.6 Å². The molecule has 7 nitrogen and oxygen atoms in total. The molecule has 0 aromatic carbocycles. The summed E-state index contributed by atoms with van der Waals surface area (Å²) in [5, 5.41) is 6.28. The number of rotatable bonds is 6. The van der Waals surface area contributed by atoms with Crippen molar-refractivity contribution in [3.8, 4) is 0 Å². The van der Waals surface area contributed by atoms with Crippen molar-refractivity contribution in [1.29, 1.82) is 0 Å². The third kappa shape index (κ3) is 5.09. The number of anilines is 1. The molecule has 0 bridgehead atoms. The molecule has 22 heavy (non-hydrogen) atoms. The summed E-state index contributed by atoms with van der Waals surface area (Å²) in [5.41, 5.74) is 11.4. The summed E-state index contributed by atoms with van der Waals surface area (Å²) in [7, 11) is 0. The second-order valence-electron chi connectivity index (χ2n) is 4.41. The van der Waals surface area contributed by atoms with Crippen LogP contribution in [0, 0.1) is 0 Å². The number of nitrogens with two attached hydrogens (primary N) is 2. The molecule has 5 N–H and O–H groups in total. The van der Waals surface area contributed by atoms with Gasteiger partial charge in [-0.15, -0.1) is 11.3 Å². The van der Waals surface area contributed by atoms with E-state index in [4.69, 9.17) is 23.1 Å². The molecule has 0 aliphatic carbocycles. The molecule has 1 fully saturated rings. The predicted octanol–water partition coefficient (Wildman–Crippen LogP) is 0.913. The maximum Gasteiger partial charge on any atom is 0.212 e. The fraction of sp³-hybridized carbons (Fsp3) is 0.333. The van der Waals surface area contributed by atoms with E-state index in [1.54, 1.807) is 23.5 Å². The van der Waals surface area contributed by atoms with E-state index in [1.807, 2.05) is 5.38 Å². The van der Waals surface area contributed by atoms with E-state index in [0.717, 1.165) is 31.3 Å². The number of amides is 1. The van der Waals surface area contributed by atoms with Crippen molar-refractivity contribution in [1.82, 2.24) is 14.6 Å². The van der Waals surface area contributed by atoms with Gasteiger partial charge in [-0.1, -0.05) is 11.6 Å². The highest BCUT2D eigenvalue weighted by molar-refractivity contribution is 8.00. The molecule has 1 aliphatic heterocycles. The molecule has 1 aliphatic rings. The molecule has 120 valence electrons. The zero-order valence-electron chi connectivity index (χ0n) is 11.7. The quantitative estimate of drug-likeness (QED) is 0.394. The Kier molecular flexibility index (Phi) is 6.37. The van der Waals surface area contributed by atoms with Crippen molar-refractivity contribution < 1.29 is 4.79 Å². The molecule has 1 aromatic heterocycles. The summed E-state index contributed by atoms with van der Waals surface area (Å²) in [4.78, 5) is 16.7. The van der Waals surface area contributed by atoms with Crippen LogP contribution < -0.4 is 21.7 Å². The summed E-state index contributed by atoms with van der Waals surface area (Å²) in [5.74, 6) is 0.254. The van der Waals surface area contributed by atoms with Gasteiger partial charge in [-0.3, -0.25) is 4.79 Å². The summed E-state index contributed by atoms with van der Waals surface area (Å²) in [6.07, 6.45) is 3.75. The van der Waals surface area contributed by atoms with Crippen molar-refractivity contribution in [3.05, 3.63) is 33.5 Å². The minimum absolute atomic E-state index is 0.254. The standard InChI is InChI=1S/C12H17ClN6OS2/c13-9-7-21-12(17-9)18-3-5-19(6-4-18)22-11(15)2-1-10(14)16-8-20/h1-2,7-8H,3-6,14-15H2,(H,16,20)/b10-1+,11-2+. The number of nitrogens with one attached hydrogen (secondary N) is 1. The molecule has 0 radical (unpaired) electrons. The highest BCUT2D eigenvalue weighted by Gasteiger charge is 2.20. The zero-order chi connectivity index (χ0) is 15.9. The van der Waals surface area contributed by atoms with Crippen LogP contribution in [0.4, 0.5) is 5.13 Å². The van der Waals surface area contributed by atoms with Gasteiger partial charge in [0.1, 0.15) is 11.0 Å². The number of carbonyl (C=O) groups excluding carboxylic acids is 1. The Hall–Kier alpha value is -1.42. The first-order chi connectivity index (χ1) is 10.6. The fourth-order valence-electron chi connectivity index (χ4n) is 1.83. The molecule has 0 atom stereocenters. The number of carbonyl (C=O) groups is 1. The Morgan fingerprint density at radius 1 is 1.36 bits per heavy atom. The Balaban J connectivity index is 1.80. The van der Waals surface area contributed by atoms with Gasteiger partial charge in [-0.2, -0.15) is 0 Å². The lowest BCUT2D eigenvalue weighted by atomic mass is 10.4. The highest BCUT2D eigenvalue weighted by atomic mass is 35.5. The lowest BCUT2D eigenvalue weighted by molar-refractivity contribution is -0.108. The zero-order valence-corrected chi connectivity index (χ0v) is 14.1. The lowest BCUT2D eigenvalue weighted by Gasteiger charge is -2.33. The molecule has 0 spiro atoms. The minimum atomic E-state index is 0.254. The van der Waals surface area contributed by atoms with Crippen molar-refractivity contribution >= 4 is 46.4 Å². The first kappa shape index (κ1) is 16.9. The largest absolute Gasteiger partial charge is 0.393 e. The summed E-state index contributed by atoms with van der Waals surface area (Å²) >= 11 is 8.87. The number of piperazine rings is 1. The van der Waals surface area contributed by atoms with Crippen molar-refractivity contribution in [2.24, 2.45) is 11.5 Å². The molecule has 1 amide bonds. The van der Waals surface area contributed by atoms with Gasteiger partial charge in [0, 0.05) is 31.6 Å². The van der Waals surface area contributed by atoms with Gasteiger partial charge < -0.3 is 21.7 Å². The maximum atomic E-state index is 10.2. The average molecular weight is 361 g/mol. The molecule has 10 heteroatoms. The van der Waals surface area contributed by atoms with Gasteiger partial charge in [0.15, 0.2) is 5.13 Å². The van der Waals surface area contributed by atoms with Crippen LogP contribution in [0.2, 0.25) is 5.15 Å². The van der Waals surface area contributed by atoms with Gasteiger partial charge in [0.2, 0.25) is 6.41 Å². The van der Waals surface area contributed by atoms with Crippen LogP contribution >= 0.6 is 34.9 Å². The molecule has 0 unspecified atom stereocenters. The van der Waals surface area contributed by atoms with Crippen LogP contribution in [0.1, 0.15) is 0 Å². The first-order valence-corrected chi connectivity index (χ1v) is 8.53. The highest BCUT2D eigenvalue weighted by Crippen LogP contribution is 2.26. The Bertz CT molecular complexity index is 568. The lowest BCUT2D eigenvalue weighted by Crippen LogP contribution is -2.43. The normalized spacial score (nSPS) is 17.6. The van der Waals surface area contributed by atoms with Crippen LogP contribution in [-0.2, 0) is 4.79 Å². The number of hydrogen-bond donors (Lipinski definition) is 3. The van der Waals surface area contributed by atoms with E-state index in [1.165, 1.54) is 11.9 Å². The Labute approximate surface area is 142 Å². The van der Waals surface area contributed by atoms with Crippen LogP contribution in [0.5, 0.6) is 0 Å². The van der Waals surface area contributed by atoms with E-state index in [9.17, 15) is 4.79 Å². The molecule has 1 aromatic rings. The average Bonchev–Trinajstić information content (AvgIpc) is 2.93. The van der Waals surface area contributed by atoms with Gasteiger partial charge >= 0.3 is 0 Å². The van der Waals surface area contributed by atoms with Gasteiger partial charge in [-0.25, -0.2) is 9.29 Å². The Morgan fingerprint density at radius 3 is 2.68 bits per heavy atom. The monoisotopic (exact) mass is 360 g/mol. The second-order valence-corrected chi connectivity index (χ2v) is 6.81. The molecule has 1 saturated heterocycles. The summed E-state index contributed by atoms with van der Waals surface area (Å²) in [6.45, 7) is 3.47. The number of allylic oxidation sites excluding steroid dienone is 2. The predicted molar refractivity (Wildman–Crippen MR) is 92.2 cm³/mol. The van der Waals surface area contributed by atoms with Crippen LogP contribution in [0.15, 0.2) is 28.4 Å². The van der Waals surface area contributed by atoms with Crippen LogP contribution in [0.25, 0.3) is 0 Å². The van der Waals surface area contributed by atoms with Crippen LogP contribution in [0.3, 0.4) is 0 Å². The number of halogens is 1. The maximum absolute atomic E-state index is 10.2. The molecular weight excluding hydrogens is 344 g/mol. The van der Waals surface area contributed by atoms with Crippen molar-refractivity contribution in [2.75, 3.05) is 31.1 Å². The summed E-state index contributed by atoms with van der Waals surface area (Å²) < 4.78 is 2.18. The number of nitrogens with zero attached hydrogens (tertiary/aromatic N) is 3. The van der Waals surface area contributed by atoms with E-state index < -0.39 is 0 Å². The third-order valence-electron chi connectivity index (χ3n) is 2.86. The number of thiazole rings is 1. The number of hydrogen-bond acceptors (Lipinski definition) is 8. The number of aromatic nitrogens is 1. The van der Waals surface area contributed by atoms with Gasteiger partial charge in [0.25, 0.3) is 0 Å². The SMILES string of the molecule is N/C(=C\C=C(/N)SN1CCN(c2nc(Cl)cs2)CC1)NC=O. The van der Waals surface area contributed by atoms with Gasteiger partial charge in [-0.05, 0) is 24.1 Å². The van der Waals surface area contributed by atoms with E-state index in [-0.39, 0.29) is 5.82 Å². The minimum Gasteiger partial charge on any atom is -0.393 e. The first-order valence-electron chi connectivity index (χ1n) is 6.50. The van der Waals surface area contributed by atoms with Crippen molar-refractivity contribution in [3.63, 3.8) is 0 Å². The van der Waals surface area contributed by atoms with E-state index in [2.05, 4.69) is 19.5 Å². The smallest absolute Gasteiger partial charge is 0.212 e. The molecular formula is C12H17ClN6OS2. The van der Waals surface area contributed by atoms with E-state index >= 15 is 0 Å². The fourth-order valence-corrected chi connectivity index (χ4v) is 3.60.